The molecule has 4 nitrogen and oxygen atoms in total. The zero-order valence-electron chi connectivity index (χ0n) is 9.58. The van der Waals surface area contributed by atoms with Gasteiger partial charge in [-0.25, -0.2) is 0 Å². The smallest absolute Gasteiger partial charge is 0.139 e. The van der Waals surface area contributed by atoms with Gasteiger partial charge in [-0.3, -0.25) is 4.98 Å². The van der Waals surface area contributed by atoms with Crippen molar-refractivity contribution in [2.75, 3.05) is 12.3 Å². The van der Waals surface area contributed by atoms with Crippen LogP contribution in [0.5, 0.6) is 5.75 Å². The zero-order chi connectivity index (χ0) is 13.0. The number of hydrogen-bond donors (Lipinski definition) is 2. The number of benzene rings is 1. The first-order chi connectivity index (χ1) is 8.65. The fourth-order valence-corrected chi connectivity index (χ4v) is 1.62. The molecule has 1 aromatic carbocycles. The van der Waals surface area contributed by atoms with Crippen molar-refractivity contribution in [2.24, 2.45) is 0 Å². The molecule has 0 fully saturated rings. The highest BCUT2D eigenvalue weighted by atomic mass is 35.5. The van der Waals surface area contributed by atoms with Gasteiger partial charge in [-0.2, -0.15) is 0 Å². The van der Waals surface area contributed by atoms with E-state index in [9.17, 15) is 5.11 Å². The van der Waals surface area contributed by atoms with Crippen LogP contribution in [0.3, 0.4) is 0 Å². The molecular formula is C13H13ClN2O2. The first-order valence-electron chi connectivity index (χ1n) is 5.42. The molecule has 2 rings (SSSR count). The van der Waals surface area contributed by atoms with Gasteiger partial charge in [0.05, 0.1) is 11.2 Å². The van der Waals surface area contributed by atoms with Crippen LogP contribution in [0.4, 0.5) is 5.69 Å². The van der Waals surface area contributed by atoms with E-state index in [2.05, 4.69) is 4.98 Å². The van der Waals surface area contributed by atoms with Crippen LogP contribution >= 0.6 is 11.6 Å². The van der Waals surface area contributed by atoms with Gasteiger partial charge in [0.1, 0.15) is 18.5 Å². The van der Waals surface area contributed by atoms with Crippen molar-refractivity contribution >= 4 is 17.3 Å². The molecule has 0 saturated heterocycles. The van der Waals surface area contributed by atoms with Gasteiger partial charge in [0.15, 0.2) is 0 Å². The summed E-state index contributed by atoms with van der Waals surface area (Å²) in [6.45, 7) is 0.131. The summed E-state index contributed by atoms with van der Waals surface area (Å²) in [7, 11) is 0. The van der Waals surface area contributed by atoms with E-state index < -0.39 is 6.10 Å². The first kappa shape index (κ1) is 12.7. The van der Waals surface area contributed by atoms with Crippen molar-refractivity contribution in [3.05, 3.63) is 53.3 Å². The second kappa shape index (κ2) is 5.71. The Balaban J connectivity index is 1.96. The number of ether oxygens (including phenoxy) is 1. The van der Waals surface area contributed by atoms with E-state index >= 15 is 0 Å². The van der Waals surface area contributed by atoms with E-state index in [4.69, 9.17) is 22.1 Å². The van der Waals surface area contributed by atoms with Crippen LogP contribution in [0.15, 0.2) is 42.7 Å². The van der Waals surface area contributed by atoms with E-state index in [1.807, 2.05) is 0 Å². The number of nitrogens with two attached hydrogens (primary N) is 1. The van der Waals surface area contributed by atoms with Crippen LogP contribution in [0.1, 0.15) is 11.7 Å². The number of aromatic nitrogens is 1. The number of nitrogen functional groups attached to an aromatic ring is 1. The lowest BCUT2D eigenvalue weighted by Crippen LogP contribution is -2.09. The minimum atomic E-state index is -0.718. The molecule has 0 saturated carbocycles. The van der Waals surface area contributed by atoms with Crippen LogP contribution in [-0.2, 0) is 0 Å². The summed E-state index contributed by atoms with van der Waals surface area (Å²) in [6.07, 6.45) is 2.34. The maximum Gasteiger partial charge on any atom is 0.139 e. The molecule has 94 valence electrons. The molecule has 0 amide bonds. The zero-order valence-corrected chi connectivity index (χ0v) is 10.3. The molecule has 0 aliphatic carbocycles. The number of nitrogens with zero attached hydrogens (tertiary/aromatic N) is 1. The molecule has 0 bridgehead atoms. The Morgan fingerprint density at radius 3 is 2.67 bits per heavy atom. The molecule has 0 spiro atoms. The Hall–Kier alpha value is -1.78. The average Bonchev–Trinajstić information content (AvgIpc) is 2.37. The Kier molecular flexibility index (Phi) is 4.02. The Bertz CT molecular complexity index is 517. The summed E-state index contributed by atoms with van der Waals surface area (Å²) in [5.74, 6) is 0.525. The van der Waals surface area contributed by atoms with Crippen molar-refractivity contribution in [1.29, 1.82) is 0 Å². The van der Waals surface area contributed by atoms with Gasteiger partial charge in [-0.15, -0.1) is 0 Å². The third kappa shape index (κ3) is 3.35. The van der Waals surface area contributed by atoms with Crippen LogP contribution in [0, 0.1) is 0 Å². The fraction of sp³-hybridized carbons (Fsp3) is 0.154. The highest BCUT2D eigenvalue weighted by Crippen LogP contribution is 2.19. The lowest BCUT2D eigenvalue weighted by Gasteiger charge is -2.12. The molecule has 0 radical (unpaired) electrons. The predicted molar refractivity (Wildman–Crippen MR) is 70.6 cm³/mol. The number of pyridine rings is 1. The number of anilines is 1. The monoisotopic (exact) mass is 264 g/mol. The first-order valence-corrected chi connectivity index (χ1v) is 5.80. The van der Waals surface area contributed by atoms with E-state index in [-0.39, 0.29) is 6.61 Å². The highest BCUT2D eigenvalue weighted by molar-refractivity contribution is 6.30. The van der Waals surface area contributed by atoms with Gasteiger partial charge in [0.25, 0.3) is 0 Å². The normalized spacial score (nSPS) is 12.1. The van der Waals surface area contributed by atoms with E-state index in [1.54, 1.807) is 36.5 Å². The van der Waals surface area contributed by atoms with Crippen LogP contribution in [0.25, 0.3) is 0 Å². The molecular weight excluding hydrogens is 252 g/mol. The number of aliphatic hydroxyl groups is 1. The third-order valence-electron chi connectivity index (χ3n) is 2.41. The van der Waals surface area contributed by atoms with Gasteiger partial charge >= 0.3 is 0 Å². The van der Waals surface area contributed by atoms with Crippen LogP contribution in [0.2, 0.25) is 5.02 Å². The second-order valence-electron chi connectivity index (χ2n) is 3.83. The van der Waals surface area contributed by atoms with Gasteiger partial charge in [0, 0.05) is 18.0 Å². The fourth-order valence-electron chi connectivity index (χ4n) is 1.46. The molecule has 1 heterocycles. The standard InChI is InChI=1S/C13H13ClN2O2/c14-10-5-12(7-16-6-10)18-8-13(17)9-1-3-11(15)4-2-9/h1-7,13,17H,8,15H2. The van der Waals surface area contributed by atoms with E-state index in [0.29, 0.717) is 16.5 Å². The van der Waals surface area contributed by atoms with Crippen LogP contribution < -0.4 is 10.5 Å². The van der Waals surface area contributed by atoms with Gasteiger partial charge in [-0.1, -0.05) is 23.7 Å². The molecule has 3 N–H and O–H groups in total. The summed E-state index contributed by atoms with van der Waals surface area (Å²) >= 11 is 5.78. The predicted octanol–water partition coefficient (Wildman–Crippen LogP) is 2.43. The highest BCUT2D eigenvalue weighted by Gasteiger charge is 2.08. The number of rotatable bonds is 4. The van der Waals surface area contributed by atoms with E-state index in [0.717, 1.165) is 5.56 Å². The Labute approximate surface area is 110 Å². The summed E-state index contributed by atoms with van der Waals surface area (Å²) in [4.78, 5) is 3.89. The summed E-state index contributed by atoms with van der Waals surface area (Å²) in [5.41, 5.74) is 6.98. The molecule has 0 aliphatic rings. The molecule has 0 aliphatic heterocycles. The minimum absolute atomic E-state index is 0.131. The van der Waals surface area contributed by atoms with Crippen molar-refractivity contribution < 1.29 is 9.84 Å². The van der Waals surface area contributed by atoms with Gasteiger partial charge in [0.2, 0.25) is 0 Å². The molecule has 2 aromatic rings. The van der Waals surface area contributed by atoms with Crippen LogP contribution in [-0.4, -0.2) is 16.7 Å². The lowest BCUT2D eigenvalue weighted by atomic mass is 10.1. The van der Waals surface area contributed by atoms with Crippen molar-refractivity contribution in [3.8, 4) is 5.75 Å². The third-order valence-corrected chi connectivity index (χ3v) is 2.62. The summed E-state index contributed by atoms with van der Waals surface area (Å²) in [5, 5.41) is 10.4. The summed E-state index contributed by atoms with van der Waals surface area (Å²) < 4.78 is 5.41. The molecule has 1 aromatic heterocycles. The Morgan fingerprint density at radius 2 is 2.00 bits per heavy atom. The van der Waals surface area contributed by atoms with Gasteiger partial charge in [-0.05, 0) is 17.7 Å². The molecule has 1 atom stereocenters. The summed E-state index contributed by atoms with van der Waals surface area (Å²) in [6, 6.07) is 8.64. The van der Waals surface area contributed by atoms with Crippen molar-refractivity contribution in [2.45, 2.75) is 6.10 Å². The topological polar surface area (TPSA) is 68.4 Å². The number of hydrogen-bond acceptors (Lipinski definition) is 4. The lowest BCUT2D eigenvalue weighted by molar-refractivity contribution is 0.108. The quantitative estimate of drug-likeness (QED) is 0.833. The molecule has 18 heavy (non-hydrogen) atoms. The minimum Gasteiger partial charge on any atom is -0.489 e. The number of halogens is 1. The SMILES string of the molecule is Nc1ccc(C(O)COc2cncc(Cl)c2)cc1. The maximum absolute atomic E-state index is 9.92. The molecule has 5 heteroatoms. The number of aliphatic hydroxyl groups excluding tert-OH is 1. The Morgan fingerprint density at radius 1 is 1.28 bits per heavy atom. The largest absolute Gasteiger partial charge is 0.489 e. The average molecular weight is 265 g/mol. The van der Waals surface area contributed by atoms with Crippen molar-refractivity contribution in [1.82, 2.24) is 4.98 Å². The van der Waals surface area contributed by atoms with Gasteiger partial charge < -0.3 is 15.6 Å². The van der Waals surface area contributed by atoms with E-state index in [1.165, 1.54) is 6.20 Å². The van der Waals surface area contributed by atoms with Crippen molar-refractivity contribution in [3.63, 3.8) is 0 Å². The second-order valence-corrected chi connectivity index (χ2v) is 4.27. The maximum atomic E-state index is 9.92. The molecule has 1 unspecified atom stereocenters.